The van der Waals surface area contributed by atoms with E-state index in [1.54, 1.807) is 7.11 Å². The van der Waals surface area contributed by atoms with Crippen LogP contribution in [0, 0.1) is 0 Å². The maximum absolute atomic E-state index is 10.2. The molecule has 1 rings (SSSR count). The molecule has 0 saturated carbocycles. The topological polar surface area (TPSA) is 41.6 Å². The van der Waals surface area contributed by atoms with E-state index < -0.39 is 0 Å². The Morgan fingerprint density at radius 2 is 2.17 bits per heavy atom. The number of nitrogens with one attached hydrogen (secondary N) is 1. The standard InChI is InChI=1S/C14H22N2O2/c1-11(16(2)3)13-6-5-12(7-8-15-10-17)14(9-13)18-4/h5-6,9-11H,7-8H2,1-4H3,(H,15,17). The third kappa shape index (κ3) is 3.74. The number of amides is 1. The van der Waals surface area contributed by atoms with E-state index in [0.29, 0.717) is 12.6 Å². The summed E-state index contributed by atoms with van der Waals surface area (Å²) in [5, 5.41) is 2.66. The fraction of sp³-hybridized carbons (Fsp3) is 0.500. The van der Waals surface area contributed by atoms with Gasteiger partial charge in [0.05, 0.1) is 7.11 Å². The molecule has 0 aliphatic heterocycles. The number of carbonyl (C=O) groups excluding carboxylic acids is 1. The predicted octanol–water partition coefficient (Wildman–Crippen LogP) is 1.61. The van der Waals surface area contributed by atoms with E-state index in [2.05, 4.69) is 49.4 Å². The fourth-order valence-corrected chi connectivity index (χ4v) is 1.79. The minimum Gasteiger partial charge on any atom is -0.496 e. The second-order valence-electron chi connectivity index (χ2n) is 4.53. The van der Waals surface area contributed by atoms with Gasteiger partial charge in [-0.05, 0) is 44.6 Å². The summed E-state index contributed by atoms with van der Waals surface area (Å²) in [4.78, 5) is 12.4. The Balaban J connectivity index is 2.85. The minimum atomic E-state index is 0.348. The summed E-state index contributed by atoms with van der Waals surface area (Å²) in [6, 6.07) is 6.60. The van der Waals surface area contributed by atoms with E-state index in [-0.39, 0.29) is 0 Å². The monoisotopic (exact) mass is 250 g/mol. The van der Waals surface area contributed by atoms with E-state index in [0.717, 1.165) is 24.1 Å². The molecule has 1 unspecified atom stereocenters. The van der Waals surface area contributed by atoms with Crippen molar-refractivity contribution < 1.29 is 9.53 Å². The first kappa shape index (κ1) is 14.5. The molecule has 0 radical (unpaired) electrons. The van der Waals surface area contributed by atoms with Gasteiger partial charge in [0.25, 0.3) is 0 Å². The lowest BCUT2D eigenvalue weighted by molar-refractivity contribution is -0.109. The van der Waals surface area contributed by atoms with Gasteiger partial charge in [0.1, 0.15) is 5.75 Å². The number of methoxy groups -OCH3 is 1. The molecular formula is C14H22N2O2. The van der Waals surface area contributed by atoms with Gasteiger partial charge in [-0.3, -0.25) is 4.79 Å². The van der Waals surface area contributed by atoms with Crippen molar-refractivity contribution in [3.8, 4) is 5.75 Å². The number of benzene rings is 1. The number of rotatable bonds is 7. The number of ether oxygens (including phenoxy) is 1. The van der Waals surface area contributed by atoms with Gasteiger partial charge in [-0.15, -0.1) is 0 Å². The summed E-state index contributed by atoms with van der Waals surface area (Å²) in [5.74, 6) is 0.883. The first-order chi connectivity index (χ1) is 8.60. The van der Waals surface area contributed by atoms with Gasteiger partial charge < -0.3 is 15.0 Å². The Morgan fingerprint density at radius 3 is 2.72 bits per heavy atom. The maximum Gasteiger partial charge on any atom is 0.207 e. The summed E-state index contributed by atoms with van der Waals surface area (Å²) >= 11 is 0. The number of hydrogen-bond acceptors (Lipinski definition) is 3. The van der Waals surface area contributed by atoms with Crippen molar-refractivity contribution in [2.75, 3.05) is 27.7 Å². The van der Waals surface area contributed by atoms with Crippen LogP contribution in [0.25, 0.3) is 0 Å². The average Bonchev–Trinajstić information content (AvgIpc) is 2.38. The predicted molar refractivity (Wildman–Crippen MR) is 72.9 cm³/mol. The van der Waals surface area contributed by atoms with Crippen LogP contribution in [0.2, 0.25) is 0 Å². The normalized spacial score (nSPS) is 12.3. The van der Waals surface area contributed by atoms with Crippen LogP contribution in [0.4, 0.5) is 0 Å². The SMILES string of the molecule is COc1cc(C(C)N(C)C)ccc1CCNC=O. The summed E-state index contributed by atoms with van der Waals surface area (Å²) in [6.07, 6.45) is 1.49. The van der Waals surface area contributed by atoms with Crippen LogP contribution in [-0.4, -0.2) is 39.1 Å². The second kappa shape index (κ2) is 7.01. The lowest BCUT2D eigenvalue weighted by Crippen LogP contribution is -2.17. The van der Waals surface area contributed by atoms with Crippen LogP contribution in [0.1, 0.15) is 24.1 Å². The van der Waals surface area contributed by atoms with Crippen molar-refractivity contribution >= 4 is 6.41 Å². The quantitative estimate of drug-likeness (QED) is 0.590. The molecule has 4 nitrogen and oxygen atoms in total. The molecule has 1 aromatic rings. The molecule has 1 N–H and O–H groups in total. The number of nitrogens with zero attached hydrogens (tertiary/aromatic N) is 1. The Kier molecular flexibility index (Phi) is 5.65. The molecule has 0 bridgehead atoms. The third-order valence-electron chi connectivity index (χ3n) is 3.19. The van der Waals surface area contributed by atoms with Gasteiger partial charge >= 0.3 is 0 Å². The zero-order valence-corrected chi connectivity index (χ0v) is 11.6. The molecule has 1 amide bonds. The Labute approximate surface area is 109 Å². The molecule has 1 atom stereocenters. The van der Waals surface area contributed by atoms with Gasteiger partial charge in [0.15, 0.2) is 0 Å². The number of hydrogen-bond donors (Lipinski definition) is 1. The summed E-state index contributed by atoms with van der Waals surface area (Å²) in [6.45, 7) is 2.78. The van der Waals surface area contributed by atoms with Crippen molar-refractivity contribution in [3.05, 3.63) is 29.3 Å². The van der Waals surface area contributed by atoms with Crippen molar-refractivity contribution in [2.24, 2.45) is 0 Å². The zero-order valence-electron chi connectivity index (χ0n) is 11.6. The summed E-state index contributed by atoms with van der Waals surface area (Å²) in [7, 11) is 5.79. The van der Waals surface area contributed by atoms with Crippen molar-refractivity contribution in [3.63, 3.8) is 0 Å². The molecule has 100 valence electrons. The van der Waals surface area contributed by atoms with Gasteiger partial charge in [-0.2, -0.15) is 0 Å². The van der Waals surface area contributed by atoms with Crippen LogP contribution in [-0.2, 0) is 11.2 Å². The molecule has 0 aliphatic carbocycles. The van der Waals surface area contributed by atoms with Crippen LogP contribution < -0.4 is 10.1 Å². The molecule has 0 aromatic heterocycles. The highest BCUT2D eigenvalue weighted by molar-refractivity contribution is 5.46. The molecule has 1 aromatic carbocycles. The van der Waals surface area contributed by atoms with Crippen molar-refractivity contribution in [1.29, 1.82) is 0 Å². The summed E-state index contributed by atoms with van der Waals surface area (Å²) < 4.78 is 5.41. The lowest BCUT2D eigenvalue weighted by atomic mass is 10.0. The van der Waals surface area contributed by atoms with Crippen LogP contribution in [0.15, 0.2) is 18.2 Å². The van der Waals surface area contributed by atoms with Gasteiger partial charge in [0.2, 0.25) is 6.41 Å². The second-order valence-corrected chi connectivity index (χ2v) is 4.53. The highest BCUT2D eigenvalue weighted by Gasteiger charge is 2.11. The Bertz CT molecular complexity index is 391. The minimum absolute atomic E-state index is 0.348. The molecule has 0 spiro atoms. The van der Waals surface area contributed by atoms with Crippen LogP contribution >= 0.6 is 0 Å². The maximum atomic E-state index is 10.2. The molecule has 18 heavy (non-hydrogen) atoms. The van der Waals surface area contributed by atoms with Gasteiger partial charge in [-0.1, -0.05) is 12.1 Å². The lowest BCUT2D eigenvalue weighted by Gasteiger charge is -2.21. The van der Waals surface area contributed by atoms with E-state index in [1.807, 2.05) is 0 Å². The number of carbonyl (C=O) groups is 1. The Morgan fingerprint density at radius 1 is 1.44 bits per heavy atom. The highest BCUT2D eigenvalue weighted by Crippen LogP contribution is 2.26. The van der Waals surface area contributed by atoms with E-state index >= 15 is 0 Å². The molecule has 0 fully saturated rings. The van der Waals surface area contributed by atoms with Crippen molar-refractivity contribution in [1.82, 2.24) is 10.2 Å². The molecule has 0 heterocycles. The first-order valence-corrected chi connectivity index (χ1v) is 6.10. The van der Waals surface area contributed by atoms with E-state index in [4.69, 9.17) is 4.74 Å². The molecule has 4 heteroatoms. The van der Waals surface area contributed by atoms with Crippen LogP contribution in [0.3, 0.4) is 0 Å². The van der Waals surface area contributed by atoms with Gasteiger partial charge in [-0.25, -0.2) is 0 Å². The Hall–Kier alpha value is -1.55. The molecule has 0 saturated heterocycles. The van der Waals surface area contributed by atoms with Crippen molar-refractivity contribution in [2.45, 2.75) is 19.4 Å². The van der Waals surface area contributed by atoms with Crippen LogP contribution in [0.5, 0.6) is 5.75 Å². The molecular weight excluding hydrogens is 228 g/mol. The summed E-state index contributed by atoms with van der Waals surface area (Å²) in [5.41, 5.74) is 2.34. The highest BCUT2D eigenvalue weighted by atomic mass is 16.5. The average molecular weight is 250 g/mol. The van der Waals surface area contributed by atoms with E-state index in [1.165, 1.54) is 5.56 Å². The van der Waals surface area contributed by atoms with Gasteiger partial charge in [0, 0.05) is 12.6 Å². The largest absolute Gasteiger partial charge is 0.496 e. The zero-order chi connectivity index (χ0) is 13.5. The molecule has 0 aliphatic rings. The smallest absolute Gasteiger partial charge is 0.207 e. The van der Waals surface area contributed by atoms with E-state index in [9.17, 15) is 4.79 Å². The third-order valence-corrected chi connectivity index (χ3v) is 3.19. The fourth-order valence-electron chi connectivity index (χ4n) is 1.79. The first-order valence-electron chi connectivity index (χ1n) is 6.10.